The molecule has 1 atom stereocenters. The zero-order valence-electron chi connectivity index (χ0n) is 19.6. The van der Waals surface area contributed by atoms with Gasteiger partial charge in [-0.05, 0) is 29.8 Å². The van der Waals surface area contributed by atoms with E-state index in [1.54, 1.807) is 59.6 Å². The fraction of sp³-hybridized carbons (Fsp3) is 0.192. The minimum absolute atomic E-state index is 0.0716. The monoisotopic (exact) mass is 482 g/mol. The number of nitrogens with one attached hydrogen (secondary N) is 2. The first-order valence-corrected chi connectivity index (χ1v) is 11.1. The molecular formula is C26H22N6O4. The number of methoxy groups -OCH3 is 1. The Balaban J connectivity index is 1.33. The second-order valence-corrected chi connectivity index (χ2v) is 8.44. The minimum Gasteiger partial charge on any atom is -0.497 e. The van der Waals surface area contributed by atoms with Gasteiger partial charge >= 0.3 is 6.03 Å². The number of carbonyl (C=O) groups is 3. The molecule has 1 unspecified atom stereocenters. The molecule has 180 valence electrons. The Bertz CT molecular complexity index is 1460. The van der Waals surface area contributed by atoms with E-state index >= 15 is 0 Å². The molecule has 0 spiro atoms. The van der Waals surface area contributed by atoms with E-state index in [2.05, 4.69) is 32.6 Å². The summed E-state index contributed by atoms with van der Waals surface area (Å²) in [7, 11) is 3.37. The quantitative estimate of drug-likeness (QED) is 0.424. The standard InChI is InChI=1S/C26H22N6O4/c1-31-15-19(14-28-31)22-7-4-17(13-27-22)8-10-26(24(34)29-25(35)30-26)9-3-11-32-16-18-5-6-20(36-2)12-21(18)23(32)33/h3-7,11-15H,9,16H2,1-2H3,(H2,29,30,34,35). The molecule has 2 aliphatic heterocycles. The highest BCUT2D eigenvalue weighted by atomic mass is 16.5. The lowest BCUT2D eigenvalue weighted by atomic mass is 9.95. The summed E-state index contributed by atoms with van der Waals surface area (Å²) in [6, 6.07) is 8.34. The molecule has 4 amide bonds. The topological polar surface area (TPSA) is 118 Å². The summed E-state index contributed by atoms with van der Waals surface area (Å²) in [5.41, 5.74) is 2.19. The van der Waals surface area contributed by atoms with Gasteiger partial charge in [0.1, 0.15) is 5.75 Å². The van der Waals surface area contributed by atoms with Crippen molar-refractivity contribution in [2.45, 2.75) is 18.5 Å². The number of aromatic nitrogens is 3. The number of pyridine rings is 1. The van der Waals surface area contributed by atoms with Gasteiger partial charge in [-0.2, -0.15) is 5.10 Å². The molecule has 2 N–H and O–H groups in total. The van der Waals surface area contributed by atoms with Crippen LogP contribution < -0.4 is 15.4 Å². The highest BCUT2D eigenvalue weighted by Gasteiger charge is 2.44. The highest BCUT2D eigenvalue weighted by Crippen LogP contribution is 2.27. The zero-order chi connectivity index (χ0) is 25.3. The molecule has 3 aromatic rings. The molecule has 4 heterocycles. The Kier molecular flexibility index (Phi) is 5.74. The molecule has 36 heavy (non-hydrogen) atoms. The van der Waals surface area contributed by atoms with Crippen molar-refractivity contribution in [1.82, 2.24) is 30.3 Å². The lowest BCUT2D eigenvalue weighted by Gasteiger charge is -2.18. The van der Waals surface area contributed by atoms with Crippen molar-refractivity contribution in [3.63, 3.8) is 0 Å². The number of benzene rings is 1. The van der Waals surface area contributed by atoms with E-state index in [0.29, 0.717) is 23.4 Å². The van der Waals surface area contributed by atoms with Gasteiger partial charge in [0.2, 0.25) is 0 Å². The zero-order valence-corrected chi connectivity index (χ0v) is 19.6. The maximum absolute atomic E-state index is 12.8. The number of rotatable bonds is 5. The number of imide groups is 1. The summed E-state index contributed by atoms with van der Waals surface area (Å²) in [6.07, 6.45) is 8.51. The van der Waals surface area contributed by atoms with Crippen molar-refractivity contribution in [3.05, 3.63) is 77.9 Å². The molecule has 0 bridgehead atoms. The molecule has 1 aromatic carbocycles. The summed E-state index contributed by atoms with van der Waals surface area (Å²) >= 11 is 0. The van der Waals surface area contributed by atoms with Gasteiger partial charge < -0.3 is 15.0 Å². The first-order chi connectivity index (χ1) is 17.4. The third-order valence-electron chi connectivity index (χ3n) is 5.98. The SMILES string of the molecule is COc1ccc2c(c1)C(=O)N(C=CCC1(C#Cc3ccc(-c4cnn(C)c4)nc3)NC(=O)NC1=O)C2. The molecule has 0 aliphatic carbocycles. The van der Waals surface area contributed by atoms with Crippen LogP contribution in [0.15, 0.2) is 61.2 Å². The number of nitrogens with zero attached hydrogens (tertiary/aromatic N) is 4. The molecule has 0 radical (unpaired) electrons. The van der Waals surface area contributed by atoms with Crippen molar-refractivity contribution in [2.24, 2.45) is 7.05 Å². The molecule has 0 saturated carbocycles. The molecule has 2 aromatic heterocycles. The van der Waals surface area contributed by atoms with E-state index in [1.807, 2.05) is 25.4 Å². The summed E-state index contributed by atoms with van der Waals surface area (Å²) in [6.45, 7) is 0.404. The number of fused-ring (bicyclic) bond motifs is 1. The van der Waals surface area contributed by atoms with Crippen LogP contribution in [0.1, 0.15) is 27.9 Å². The van der Waals surface area contributed by atoms with E-state index in [-0.39, 0.29) is 12.3 Å². The molecule has 10 nitrogen and oxygen atoms in total. The van der Waals surface area contributed by atoms with Crippen molar-refractivity contribution in [1.29, 1.82) is 0 Å². The van der Waals surface area contributed by atoms with E-state index < -0.39 is 17.5 Å². The molecule has 1 fully saturated rings. The Morgan fingerprint density at radius 3 is 2.72 bits per heavy atom. The van der Waals surface area contributed by atoms with Crippen LogP contribution in [0.2, 0.25) is 0 Å². The van der Waals surface area contributed by atoms with Crippen LogP contribution in [0.4, 0.5) is 4.79 Å². The summed E-state index contributed by atoms with van der Waals surface area (Å²) in [5.74, 6) is 5.73. The van der Waals surface area contributed by atoms with E-state index in [0.717, 1.165) is 16.8 Å². The molecule has 1 saturated heterocycles. The van der Waals surface area contributed by atoms with Crippen LogP contribution >= 0.6 is 0 Å². The molecular weight excluding hydrogens is 460 g/mol. The van der Waals surface area contributed by atoms with Gasteiger partial charge in [-0.25, -0.2) is 4.79 Å². The largest absolute Gasteiger partial charge is 0.497 e. The summed E-state index contributed by atoms with van der Waals surface area (Å²) in [4.78, 5) is 43.3. The minimum atomic E-state index is -1.46. The van der Waals surface area contributed by atoms with E-state index in [9.17, 15) is 14.4 Å². The van der Waals surface area contributed by atoms with Gasteiger partial charge in [0.05, 0.1) is 25.5 Å². The predicted octanol–water partition coefficient (Wildman–Crippen LogP) is 1.98. The lowest BCUT2D eigenvalue weighted by Crippen LogP contribution is -2.45. The fourth-order valence-electron chi connectivity index (χ4n) is 4.05. The number of carbonyl (C=O) groups excluding carboxylic acids is 3. The highest BCUT2D eigenvalue weighted by molar-refractivity contribution is 6.09. The number of aryl methyl sites for hydroxylation is 1. The molecule has 5 rings (SSSR count). The van der Waals surface area contributed by atoms with Crippen molar-refractivity contribution in [3.8, 4) is 28.8 Å². The summed E-state index contributed by atoms with van der Waals surface area (Å²) in [5, 5.41) is 9.00. The number of hydrogen-bond acceptors (Lipinski definition) is 6. The van der Waals surface area contributed by atoms with Crippen LogP contribution in [-0.4, -0.2) is 50.2 Å². The summed E-state index contributed by atoms with van der Waals surface area (Å²) < 4.78 is 6.89. The number of urea groups is 1. The average molecular weight is 483 g/mol. The molecule has 10 heteroatoms. The number of hydrogen-bond donors (Lipinski definition) is 2. The second-order valence-electron chi connectivity index (χ2n) is 8.44. The van der Waals surface area contributed by atoms with Crippen molar-refractivity contribution < 1.29 is 19.1 Å². The van der Waals surface area contributed by atoms with Gasteiger partial charge in [-0.15, -0.1) is 0 Å². The fourth-order valence-corrected chi connectivity index (χ4v) is 4.05. The van der Waals surface area contributed by atoms with Gasteiger partial charge in [-0.3, -0.25) is 24.6 Å². The number of amides is 4. The van der Waals surface area contributed by atoms with Crippen molar-refractivity contribution >= 4 is 17.8 Å². The van der Waals surface area contributed by atoms with Crippen LogP contribution in [0.3, 0.4) is 0 Å². The Morgan fingerprint density at radius 1 is 1.19 bits per heavy atom. The first-order valence-electron chi connectivity index (χ1n) is 11.1. The van der Waals surface area contributed by atoms with Gasteiger partial charge in [0.25, 0.3) is 11.8 Å². The predicted molar refractivity (Wildman–Crippen MR) is 129 cm³/mol. The van der Waals surface area contributed by atoms with E-state index in [1.165, 1.54) is 0 Å². The maximum Gasteiger partial charge on any atom is 0.323 e. The Morgan fingerprint density at radius 2 is 2.06 bits per heavy atom. The van der Waals surface area contributed by atoms with E-state index in [4.69, 9.17) is 4.74 Å². The third-order valence-corrected chi connectivity index (χ3v) is 5.98. The number of ether oxygens (including phenoxy) is 1. The van der Waals surface area contributed by atoms with Crippen LogP contribution in [0, 0.1) is 11.8 Å². The van der Waals surface area contributed by atoms with Crippen LogP contribution in [0.5, 0.6) is 5.75 Å². The van der Waals surface area contributed by atoms with Gasteiger partial charge in [0.15, 0.2) is 5.54 Å². The molecule has 2 aliphatic rings. The smallest absolute Gasteiger partial charge is 0.323 e. The Hall–Kier alpha value is -4.91. The average Bonchev–Trinajstić information content (AvgIpc) is 3.53. The Labute approximate surface area is 207 Å². The van der Waals surface area contributed by atoms with Gasteiger partial charge in [-0.1, -0.05) is 24.0 Å². The third kappa shape index (κ3) is 4.30. The second kappa shape index (κ2) is 9.03. The van der Waals surface area contributed by atoms with Crippen LogP contribution in [-0.2, 0) is 18.4 Å². The van der Waals surface area contributed by atoms with Crippen molar-refractivity contribution in [2.75, 3.05) is 7.11 Å². The first kappa shape index (κ1) is 22.9. The lowest BCUT2D eigenvalue weighted by molar-refractivity contribution is -0.122. The van der Waals surface area contributed by atoms with Gasteiger partial charge in [0, 0.05) is 48.8 Å². The van der Waals surface area contributed by atoms with Crippen LogP contribution in [0.25, 0.3) is 11.3 Å². The maximum atomic E-state index is 12.8. The normalized spacial score (nSPS) is 18.6.